The smallest absolute Gasteiger partial charge is 0.242 e. The Kier molecular flexibility index (Phi) is 6.57. The summed E-state index contributed by atoms with van der Waals surface area (Å²) in [7, 11) is -3.67. The van der Waals surface area contributed by atoms with Gasteiger partial charge in [0.05, 0.1) is 11.7 Å². The number of amides is 1. The molecule has 10 heteroatoms. The van der Waals surface area contributed by atoms with Crippen LogP contribution >= 0.6 is 23.3 Å². The number of fused-ring (bicyclic) bond motifs is 1. The zero-order valence-corrected chi connectivity index (χ0v) is 19.4. The fourth-order valence-electron chi connectivity index (χ4n) is 3.91. The number of sulfonamides is 1. The molecule has 7 nitrogen and oxygen atoms in total. The second kappa shape index (κ2) is 9.20. The molecule has 1 fully saturated rings. The Hall–Kier alpha value is -2.07. The average molecular weight is 479 g/mol. The number of halogens is 1. The van der Waals surface area contributed by atoms with Gasteiger partial charge in [-0.3, -0.25) is 4.79 Å². The minimum atomic E-state index is -3.67. The molecule has 1 heterocycles. The van der Waals surface area contributed by atoms with E-state index < -0.39 is 10.0 Å². The molecule has 0 spiro atoms. The van der Waals surface area contributed by atoms with Gasteiger partial charge in [-0.1, -0.05) is 23.7 Å². The predicted octanol–water partition coefficient (Wildman–Crippen LogP) is 4.38. The largest absolute Gasteiger partial charge is 0.326 e. The molecular formula is C21H23ClN4O3S2. The summed E-state index contributed by atoms with van der Waals surface area (Å²) >= 11 is 7.13. The van der Waals surface area contributed by atoms with E-state index >= 15 is 0 Å². The topological polar surface area (TPSA) is 101 Å². The number of hydrogen-bond donors (Lipinski definition) is 2. The van der Waals surface area contributed by atoms with Crippen molar-refractivity contribution in [3.8, 4) is 0 Å². The summed E-state index contributed by atoms with van der Waals surface area (Å²) < 4.78 is 36.5. The maximum atomic E-state index is 12.8. The standard InChI is InChI=1S/C21H23ClN4O3S2/c1-13-16(22)4-2-5-17(13)24-21(27)15-10-8-14(9-11-15)12-23-31(28,29)19-7-3-6-18-20(19)26-30-25-18/h2-7,14-15,23H,8-12H2,1H3,(H,24,27). The van der Waals surface area contributed by atoms with Gasteiger partial charge in [0.1, 0.15) is 15.9 Å². The van der Waals surface area contributed by atoms with E-state index in [-0.39, 0.29) is 22.6 Å². The quantitative estimate of drug-likeness (QED) is 0.547. The Morgan fingerprint density at radius 2 is 1.87 bits per heavy atom. The maximum Gasteiger partial charge on any atom is 0.242 e. The van der Waals surface area contributed by atoms with Gasteiger partial charge in [0.2, 0.25) is 15.9 Å². The average Bonchev–Trinajstić information content (AvgIpc) is 3.25. The monoisotopic (exact) mass is 478 g/mol. The molecule has 1 amide bonds. The van der Waals surface area contributed by atoms with E-state index in [1.807, 2.05) is 19.1 Å². The van der Waals surface area contributed by atoms with Crippen LogP contribution in [0, 0.1) is 18.8 Å². The van der Waals surface area contributed by atoms with Crippen molar-refractivity contribution in [1.29, 1.82) is 0 Å². The van der Waals surface area contributed by atoms with Crippen molar-refractivity contribution in [3.05, 3.63) is 47.0 Å². The first-order valence-electron chi connectivity index (χ1n) is 10.1. The lowest BCUT2D eigenvalue weighted by molar-refractivity contribution is -0.121. The maximum absolute atomic E-state index is 12.8. The number of aromatic nitrogens is 2. The van der Waals surface area contributed by atoms with Crippen molar-refractivity contribution < 1.29 is 13.2 Å². The van der Waals surface area contributed by atoms with Crippen molar-refractivity contribution in [3.63, 3.8) is 0 Å². The van der Waals surface area contributed by atoms with Crippen molar-refractivity contribution in [1.82, 2.24) is 13.5 Å². The highest BCUT2D eigenvalue weighted by Crippen LogP contribution is 2.31. The molecule has 3 aromatic rings. The van der Waals surface area contributed by atoms with Crippen LogP contribution in [0.1, 0.15) is 31.2 Å². The van der Waals surface area contributed by atoms with Crippen molar-refractivity contribution in [2.75, 3.05) is 11.9 Å². The SMILES string of the molecule is Cc1c(Cl)cccc1NC(=O)C1CCC(CNS(=O)(=O)c2cccc3nsnc23)CC1. The summed E-state index contributed by atoms with van der Waals surface area (Å²) in [5, 5.41) is 3.60. The normalized spacial score (nSPS) is 19.4. The van der Waals surface area contributed by atoms with E-state index in [4.69, 9.17) is 11.6 Å². The molecule has 1 saturated carbocycles. The van der Waals surface area contributed by atoms with Crippen LogP contribution < -0.4 is 10.0 Å². The molecule has 2 N–H and O–H groups in total. The van der Waals surface area contributed by atoms with E-state index in [9.17, 15) is 13.2 Å². The van der Waals surface area contributed by atoms with E-state index in [0.717, 1.165) is 48.7 Å². The van der Waals surface area contributed by atoms with Crippen LogP contribution in [0.15, 0.2) is 41.3 Å². The second-order valence-corrected chi connectivity index (χ2v) is 10.5. The summed E-state index contributed by atoms with van der Waals surface area (Å²) in [6.07, 6.45) is 3.03. The number of rotatable bonds is 6. The Balaban J connectivity index is 1.31. The third kappa shape index (κ3) is 4.90. The third-order valence-electron chi connectivity index (χ3n) is 5.84. The first kappa shape index (κ1) is 22.1. The summed E-state index contributed by atoms with van der Waals surface area (Å²) in [5.74, 6) is 0.104. The molecule has 0 unspecified atom stereocenters. The van der Waals surface area contributed by atoms with Gasteiger partial charge in [0.25, 0.3) is 0 Å². The molecule has 1 aliphatic rings. The van der Waals surface area contributed by atoms with Crippen LogP contribution in [0.25, 0.3) is 11.0 Å². The lowest BCUT2D eigenvalue weighted by Gasteiger charge is -2.28. The Morgan fingerprint density at radius 3 is 2.65 bits per heavy atom. The van der Waals surface area contributed by atoms with E-state index in [1.54, 1.807) is 24.3 Å². The third-order valence-corrected chi connectivity index (χ3v) is 8.25. The summed E-state index contributed by atoms with van der Waals surface area (Å²) in [6, 6.07) is 10.4. The fourth-order valence-corrected chi connectivity index (χ4v) is 5.97. The molecule has 2 aromatic carbocycles. The molecule has 4 rings (SSSR count). The fraction of sp³-hybridized carbons (Fsp3) is 0.381. The summed E-state index contributed by atoms with van der Waals surface area (Å²) in [6.45, 7) is 2.22. The van der Waals surface area contributed by atoms with Crippen LogP contribution in [-0.2, 0) is 14.8 Å². The molecule has 0 saturated heterocycles. The summed E-state index contributed by atoms with van der Waals surface area (Å²) in [5.41, 5.74) is 2.56. The van der Waals surface area contributed by atoms with Crippen LogP contribution in [-0.4, -0.2) is 29.6 Å². The summed E-state index contributed by atoms with van der Waals surface area (Å²) in [4.78, 5) is 12.8. The number of carbonyl (C=O) groups excluding carboxylic acids is 1. The highest BCUT2D eigenvalue weighted by molar-refractivity contribution is 7.89. The molecule has 1 aromatic heterocycles. The van der Waals surface area contributed by atoms with Crippen LogP contribution in [0.5, 0.6) is 0 Å². The highest BCUT2D eigenvalue weighted by atomic mass is 35.5. The van der Waals surface area contributed by atoms with Crippen molar-refractivity contribution in [2.24, 2.45) is 11.8 Å². The Labute approximate surface area is 190 Å². The minimum Gasteiger partial charge on any atom is -0.326 e. The first-order valence-corrected chi connectivity index (χ1v) is 12.7. The van der Waals surface area contributed by atoms with Crippen molar-refractivity contribution >= 4 is 56.0 Å². The molecule has 31 heavy (non-hydrogen) atoms. The zero-order valence-electron chi connectivity index (χ0n) is 17.0. The molecule has 0 aliphatic heterocycles. The number of hydrogen-bond acceptors (Lipinski definition) is 6. The van der Waals surface area contributed by atoms with Gasteiger partial charge < -0.3 is 5.32 Å². The molecular weight excluding hydrogens is 456 g/mol. The first-order chi connectivity index (χ1) is 14.8. The van der Waals surface area contributed by atoms with Gasteiger partial charge in [-0.25, -0.2) is 13.1 Å². The minimum absolute atomic E-state index is 0.00731. The number of anilines is 1. The zero-order chi connectivity index (χ0) is 22.0. The number of benzene rings is 2. The predicted molar refractivity (Wildman–Crippen MR) is 123 cm³/mol. The number of nitrogens with zero attached hydrogens (tertiary/aromatic N) is 2. The highest BCUT2D eigenvalue weighted by Gasteiger charge is 2.28. The number of carbonyl (C=O) groups is 1. The van der Waals surface area contributed by atoms with Gasteiger partial charge in [-0.2, -0.15) is 8.75 Å². The molecule has 0 radical (unpaired) electrons. The molecule has 164 valence electrons. The molecule has 0 atom stereocenters. The van der Waals surface area contributed by atoms with E-state index in [0.29, 0.717) is 22.6 Å². The van der Waals surface area contributed by atoms with Crippen LogP contribution in [0.4, 0.5) is 5.69 Å². The molecule has 0 bridgehead atoms. The van der Waals surface area contributed by atoms with E-state index in [1.165, 1.54) is 0 Å². The van der Waals surface area contributed by atoms with Gasteiger partial charge in [-0.05, 0) is 68.4 Å². The Bertz CT molecular complexity index is 1200. The van der Waals surface area contributed by atoms with Crippen LogP contribution in [0.3, 0.4) is 0 Å². The van der Waals surface area contributed by atoms with Gasteiger partial charge in [0.15, 0.2) is 0 Å². The van der Waals surface area contributed by atoms with Gasteiger partial charge in [-0.15, -0.1) is 0 Å². The lowest BCUT2D eigenvalue weighted by atomic mass is 9.81. The lowest BCUT2D eigenvalue weighted by Crippen LogP contribution is -2.33. The Morgan fingerprint density at radius 1 is 1.13 bits per heavy atom. The van der Waals surface area contributed by atoms with Gasteiger partial charge in [0, 0.05) is 23.2 Å². The van der Waals surface area contributed by atoms with Crippen molar-refractivity contribution in [2.45, 2.75) is 37.5 Å². The van der Waals surface area contributed by atoms with E-state index in [2.05, 4.69) is 18.8 Å². The second-order valence-electron chi connectivity index (χ2n) is 7.86. The number of nitrogens with one attached hydrogen (secondary N) is 2. The van der Waals surface area contributed by atoms with Crippen LogP contribution in [0.2, 0.25) is 5.02 Å². The van der Waals surface area contributed by atoms with Gasteiger partial charge >= 0.3 is 0 Å². The molecule has 1 aliphatic carbocycles.